The van der Waals surface area contributed by atoms with E-state index in [2.05, 4.69) is 10.4 Å². The fourth-order valence-corrected chi connectivity index (χ4v) is 1.78. The summed E-state index contributed by atoms with van der Waals surface area (Å²) < 4.78 is 1.69. The summed E-state index contributed by atoms with van der Waals surface area (Å²) in [6.45, 7) is 0. The second kappa shape index (κ2) is 3.60. The third-order valence-corrected chi connectivity index (χ3v) is 2.51. The van der Waals surface area contributed by atoms with Crippen LogP contribution in [-0.2, 0) is 0 Å². The van der Waals surface area contributed by atoms with Gasteiger partial charge >= 0.3 is 0 Å². The first-order valence-corrected chi connectivity index (χ1v) is 4.79. The number of nitrogens with one attached hydrogen (secondary N) is 1. The van der Waals surface area contributed by atoms with Gasteiger partial charge in [0.15, 0.2) is 5.13 Å². The Morgan fingerprint density at radius 2 is 2.50 bits per heavy atom. The third-order valence-electron chi connectivity index (χ3n) is 1.74. The molecule has 0 saturated carbocycles. The van der Waals surface area contributed by atoms with Gasteiger partial charge in [-0.3, -0.25) is 14.8 Å². The highest BCUT2D eigenvalue weighted by Crippen LogP contribution is 2.14. The Hall–Kier alpha value is -1.66. The minimum absolute atomic E-state index is 0.329. The Balaban J connectivity index is 2.45. The molecule has 14 heavy (non-hydrogen) atoms. The first-order valence-electron chi connectivity index (χ1n) is 3.91. The molecule has 0 spiro atoms. The van der Waals surface area contributed by atoms with Crippen LogP contribution in [0, 0.1) is 0 Å². The van der Waals surface area contributed by atoms with Crippen LogP contribution >= 0.6 is 11.3 Å². The highest BCUT2D eigenvalue weighted by Gasteiger charge is 2.11. The van der Waals surface area contributed by atoms with Gasteiger partial charge in [0.2, 0.25) is 0 Å². The van der Waals surface area contributed by atoms with Crippen molar-refractivity contribution >= 4 is 17.2 Å². The maximum atomic E-state index is 11.3. The van der Waals surface area contributed by atoms with Gasteiger partial charge in [-0.25, -0.2) is 10.8 Å². The van der Waals surface area contributed by atoms with Crippen LogP contribution in [0.5, 0.6) is 0 Å². The normalized spacial score (nSPS) is 10.1. The minimum atomic E-state index is -0.329. The van der Waals surface area contributed by atoms with Crippen LogP contribution in [-0.4, -0.2) is 15.5 Å². The lowest BCUT2D eigenvalue weighted by atomic mass is 10.4. The number of rotatable bonds is 2. The molecule has 1 amide bonds. The van der Waals surface area contributed by atoms with Gasteiger partial charge in [-0.15, -0.1) is 11.3 Å². The van der Waals surface area contributed by atoms with E-state index < -0.39 is 0 Å². The quantitative estimate of drug-likeness (QED) is 0.429. The van der Waals surface area contributed by atoms with Crippen molar-refractivity contribution in [3.05, 3.63) is 35.6 Å². The van der Waals surface area contributed by atoms with Gasteiger partial charge in [-0.2, -0.15) is 0 Å². The summed E-state index contributed by atoms with van der Waals surface area (Å²) in [4.78, 5) is 15.4. The number of hydrazine groups is 1. The summed E-state index contributed by atoms with van der Waals surface area (Å²) in [5.41, 5.74) is 2.56. The first kappa shape index (κ1) is 8.92. The fourth-order valence-electron chi connectivity index (χ4n) is 1.14. The molecule has 0 fully saturated rings. The smallest absolute Gasteiger partial charge is 0.282 e. The molecule has 0 radical (unpaired) electrons. The van der Waals surface area contributed by atoms with Crippen molar-refractivity contribution in [1.82, 2.24) is 15.0 Å². The first-order chi connectivity index (χ1) is 6.83. The van der Waals surface area contributed by atoms with Crippen LogP contribution in [0.3, 0.4) is 0 Å². The topological polar surface area (TPSA) is 72.9 Å². The molecule has 2 aromatic rings. The second-order valence-corrected chi connectivity index (χ2v) is 3.42. The highest BCUT2D eigenvalue weighted by molar-refractivity contribution is 7.12. The number of amides is 1. The van der Waals surface area contributed by atoms with E-state index in [1.54, 1.807) is 29.1 Å². The Morgan fingerprint density at radius 1 is 1.64 bits per heavy atom. The van der Waals surface area contributed by atoms with E-state index in [4.69, 9.17) is 5.84 Å². The average molecular weight is 208 g/mol. The van der Waals surface area contributed by atoms with Crippen molar-refractivity contribution < 1.29 is 4.79 Å². The van der Waals surface area contributed by atoms with Crippen molar-refractivity contribution in [2.75, 3.05) is 0 Å². The highest BCUT2D eigenvalue weighted by atomic mass is 32.1. The molecule has 0 aliphatic carbocycles. The van der Waals surface area contributed by atoms with Gasteiger partial charge in [0.25, 0.3) is 5.91 Å². The van der Waals surface area contributed by atoms with E-state index in [1.807, 2.05) is 5.38 Å². The van der Waals surface area contributed by atoms with Crippen LogP contribution in [0.1, 0.15) is 10.5 Å². The second-order valence-electron chi connectivity index (χ2n) is 2.55. The molecule has 2 rings (SSSR count). The molecule has 0 atom stereocenters. The van der Waals surface area contributed by atoms with Gasteiger partial charge in [-0.05, 0) is 12.1 Å². The van der Waals surface area contributed by atoms with Crippen molar-refractivity contribution in [2.45, 2.75) is 0 Å². The molecule has 0 aliphatic rings. The number of aromatic nitrogens is 2. The molecule has 0 saturated heterocycles. The van der Waals surface area contributed by atoms with Crippen LogP contribution in [0.15, 0.2) is 29.9 Å². The summed E-state index contributed by atoms with van der Waals surface area (Å²) in [5, 5.41) is 2.59. The molecule has 6 heteroatoms. The number of hydrogen-bond acceptors (Lipinski definition) is 4. The molecule has 0 bridgehead atoms. The predicted octanol–water partition coefficient (Wildman–Crippen LogP) is 0.537. The standard InChI is InChI=1S/C8H8N4OS/c9-11-7(13)6-2-1-4-12(6)8-10-3-5-14-8/h1-5H,9H2,(H,11,13). The molecular weight excluding hydrogens is 200 g/mol. The van der Waals surface area contributed by atoms with Crippen molar-refractivity contribution in [1.29, 1.82) is 0 Å². The number of thiazole rings is 1. The number of carbonyl (C=O) groups excluding carboxylic acids is 1. The van der Waals surface area contributed by atoms with E-state index in [0.717, 1.165) is 5.13 Å². The Kier molecular flexibility index (Phi) is 2.30. The lowest BCUT2D eigenvalue weighted by Gasteiger charge is -2.03. The van der Waals surface area contributed by atoms with Gasteiger partial charge in [0.05, 0.1) is 0 Å². The molecule has 72 valence electrons. The molecule has 3 N–H and O–H groups in total. The van der Waals surface area contributed by atoms with E-state index in [0.29, 0.717) is 5.69 Å². The third kappa shape index (κ3) is 1.40. The van der Waals surface area contributed by atoms with Crippen molar-refractivity contribution in [3.63, 3.8) is 0 Å². The monoisotopic (exact) mass is 208 g/mol. The minimum Gasteiger partial charge on any atom is -0.289 e. The lowest BCUT2D eigenvalue weighted by Crippen LogP contribution is -2.31. The Bertz CT molecular complexity index is 434. The number of carbonyl (C=O) groups is 1. The van der Waals surface area contributed by atoms with Gasteiger partial charge < -0.3 is 0 Å². The zero-order chi connectivity index (χ0) is 9.97. The zero-order valence-electron chi connectivity index (χ0n) is 7.18. The summed E-state index contributed by atoms with van der Waals surface area (Å²) in [5.74, 6) is 4.73. The summed E-state index contributed by atoms with van der Waals surface area (Å²) in [6.07, 6.45) is 3.45. The largest absolute Gasteiger partial charge is 0.289 e. The van der Waals surface area contributed by atoms with Crippen molar-refractivity contribution in [3.8, 4) is 5.13 Å². The number of nitrogens with two attached hydrogens (primary N) is 1. The summed E-state index contributed by atoms with van der Waals surface area (Å²) in [7, 11) is 0. The fraction of sp³-hybridized carbons (Fsp3) is 0. The van der Waals surface area contributed by atoms with Crippen LogP contribution in [0.4, 0.5) is 0 Å². The Morgan fingerprint density at radius 3 is 3.14 bits per heavy atom. The predicted molar refractivity (Wildman–Crippen MR) is 53.1 cm³/mol. The summed E-state index contributed by atoms with van der Waals surface area (Å²) in [6, 6.07) is 3.45. The van der Waals surface area contributed by atoms with E-state index >= 15 is 0 Å². The number of hydrogen-bond donors (Lipinski definition) is 2. The van der Waals surface area contributed by atoms with Gasteiger partial charge in [-0.1, -0.05) is 0 Å². The molecular formula is C8H8N4OS. The molecule has 2 aromatic heterocycles. The Labute approximate surface area is 84.2 Å². The van der Waals surface area contributed by atoms with E-state index in [9.17, 15) is 4.79 Å². The summed E-state index contributed by atoms with van der Waals surface area (Å²) >= 11 is 1.45. The van der Waals surface area contributed by atoms with Gasteiger partial charge in [0.1, 0.15) is 5.69 Å². The maximum absolute atomic E-state index is 11.3. The van der Waals surface area contributed by atoms with Crippen molar-refractivity contribution in [2.24, 2.45) is 5.84 Å². The molecule has 2 heterocycles. The van der Waals surface area contributed by atoms with E-state index in [-0.39, 0.29) is 5.91 Å². The maximum Gasteiger partial charge on any atom is 0.282 e. The van der Waals surface area contributed by atoms with Gasteiger partial charge in [0, 0.05) is 17.8 Å². The number of nitrogens with zero attached hydrogens (tertiary/aromatic N) is 2. The molecule has 0 aromatic carbocycles. The number of nitrogen functional groups attached to an aromatic ring is 1. The van der Waals surface area contributed by atoms with E-state index in [1.165, 1.54) is 11.3 Å². The SMILES string of the molecule is NNC(=O)c1cccn1-c1nccs1. The lowest BCUT2D eigenvalue weighted by molar-refractivity contribution is 0.0947. The molecule has 0 unspecified atom stereocenters. The molecule has 0 aliphatic heterocycles. The van der Waals surface area contributed by atoms with Crippen LogP contribution in [0.25, 0.3) is 5.13 Å². The average Bonchev–Trinajstić information content (AvgIpc) is 2.85. The molecule has 5 nitrogen and oxygen atoms in total. The van der Waals surface area contributed by atoms with Crippen LogP contribution in [0.2, 0.25) is 0 Å². The van der Waals surface area contributed by atoms with Crippen LogP contribution < -0.4 is 11.3 Å². The zero-order valence-corrected chi connectivity index (χ0v) is 7.99.